The molecule has 0 aliphatic carbocycles. The Labute approximate surface area is 188 Å². The number of fused-ring (bicyclic) bond motifs is 2. The third-order valence-electron chi connectivity index (χ3n) is 5.32. The summed E-state index contributed by atoms with van der Waals surface area (Å²) in [6.07, 6.45) is 0. The van der Waals surface area contributed by atoms with E-state index in [4.69, 9.17) is 21.7 Å². The molecule has 0 atom stereocenters. The van der Waals surface area contributed by atoms with Crippen LogP contribution in [0.2, 0.25) is 0 Å². The highest BCUT2D eigenvalue weighted by atomic mass is 32.1. The third kappa shape index (κ3) is 3.88. The van der Waals surface area contributed by atoms with Crippen molar-refractivity contribution >= 4 is 29.0 Å². The summed E-state index contributed by atoms with van der Waals surface area (Å²) < 4.78 is 12.5. The molecular weight excluding hydrogens is 426 g/mol. The monoisotopic (exact) mass is 445 g/mol. The van der Waals surface area contributed by atoms with Crippen LogP contribution in [0.15, 0.2) is 71.5 Å². The van der Waals surface area contributed by atoms with Gasteiger partial charge in [-0.2, -0.15) is 0 Å². The molecular formula is C24H19N3O4S. The molecule has 32 heavy (non-hydrogen) atoms. The number of hydrogen-bond acceptors (Lipinski definition) is 5. The number of amides is 1. The number of nitrogens with one attached hydrogen (secondary N) is 2. The quantitative estimate of drug-likeness (QED) is 0.457. The Bertz CT molecular complexity index is 1440. The number of nitrogens with zero attached hydrogens (tertiary/aromatic N) is 1. The molecule has 3 aromatic carbocycles. The second-order valence-corrected chi connectivity index (χ2v) is 7.82. The van der Waals surface area contributed by atoms with Crippen LogP contribution in [0.25, 0.3) is 10.9 Å². The van der Waals surface area contributed by atoms with Crippen LogP contribution in [0.1, 0.15) is 21.5 Å². The van der Waals surface area contributed by atoms with Gasteiger partial charge in [-0.3, -0.25) is 14.2 Å². The van der Waals surface area contributed by atoms with Gasteiger partial charge in [-0.1, -0.05) is 36.4 Å². The molecule has 1 aliphatic rings. The maximum atomic E-state index is 13.1. The fourth-order valence-corrected chi connectivity index (χ4v) is 3.90. The summed E-state index contributed by atoms with van der Waals surface area (Å²) in [7, 11) is 0. The van der Waals surface area contributed by atoms with Gasteiger partial charge in [0.05, 0.1) is 17.4 Å². The SMILES string of the molecule is O=C(NCc1ccccc1)c1ccc2c(=O)n(Cc3ccc4c(c3)OCO4)c(=S)[nH]c2c1. The normalized spacial score (nSPS) is 12.1. The summed E-state index contributed by atoms with van der Waals surface area (Å²) in [5.41, 5.74) is 2.62. The molecule has 2 heterocycles. The number of rotatable bonds is 5. The van der Waals surface area contributed by atoms with E-state index in [0.29, 0.717) is 41.1 Å². The van der Waals surface area contributed by atoms with Gasteiger partial charge in [0.15, 0.2) is 16.3 Å². The van der Waals surface area contributed by atoms with Crippen molar-refractivity contribution in [2.24, 2.45) is 0 Å². The van der Waals surface area contributed by atoms with Gasteiger partial charge in [0.2, 0.25) is 6.79 Å². The van der Waals surface area contributed by atoms with Gasteiger partial charge < -0.3 is 19.8 Å². The average molecular weight is 446 g/mol. The summed E-state index contributed by atoms with van der Waals surface area (Å²) in [5.74, 6) is 1.11. The van der Waals surface area contributed by atoms with Gasteiger partial charge in [0.25, 0.3) is 11.5 Å². The number of aromatic amines is 1. The van der Waals surface area contributed by atoms with Gasteiger partial charge in [0.1, 0.15) is 0 Å². The van der Waals surface area contributed by atoms with Crippen molar-refractivity contribution in [3.8, 4) is 11.5 Å². The fourth-order valence-electron chi connectivity index (χ4n) is 3.64. The zero-order valence-electron chi connectivity index (χ0n) is 17.0. The first-order valence-electron chi connectivity index (χ1n) is 10.1. The second-order valence-electron chi connectivity index (χ2n) is 7.44. The summed E-state index contributed by atoms with van der Waals surface area (Å²) in [6, 6.07) is 20.1. The van der Waals surface area contributed by atoms with Crippen LogP contribution < -0.4 is 20.3 Å². The lowest BCUT2D eigenvalue weighted by molar-refractivity contribution is 0.0951. The van der Waals surface area contributed by atoms with E-state index < -0.39 is 0 Å². The first-order chi connectivity index (χ1) is 15.6. The Morgan fingerprint density at radius 2 is 1.81 bits per heavy atom. The molecule has 0 fully saturated rings. The number of ether oxygens (including phenoxy) is 2. The molecule has 5 rings (SSSR count). The second kappa shape index (κ2) is 8.32. The molecule has 0 spiro atoms. The first kappa shape index (κ1) is 20.0. The predicted octanol–water partition coefficient (Wildman–Crippen LogP) is 3.77. The van der Waals surface area contributed by atoms with Crippen molar-refractivity contribution in [1.29, 1.82) is 0 Å². The molecule has 1 amide bonds. The number of benzene rings is 3. The van der Waals surface area contributed by atoms with E-state index in [1.807, 2.05) is 48.5 Å². The number of hydrogen-bond donors (Lipinski definition) is 2. The van der Waals surface area contributed by atoms with Crippen LogP contribution in [0.4, 0.5) is 0 Å². The number of carbonyl (C=O) groups is 1. The standard InChI is InChI=1S/C24H19N3O4S/c28-22(25-12-15-4-2-1-3-5-15)17-7-8-18-19(11-17)26-24(32)27(23(18)29)13-16-6-9-20-21(10-16)31-14-30-20/h1-11H,12-14H2,(H,25,28)(H,26,32). The molecule has 0 saturated heterocycles. The van der Waals surface area contributed by atoms with E-state index >= 15 is 0 Å². The number of H-pyrrole nitrogens is 1. The Morgan fingerprint density at radius 1 is 1.00 bits per heavy atom. The molecule has 0 radical (unpaired) electrons. The first-order valence-corrected chi connectivity index (χ1v) is 10.5. The van der Waals surface area contributed by atoms with Crippen molar-refractivity contribution in [3.05, 3.63) is 98.5 Å². The Morgan fingerprint density at radius 3 is 2.66 bits per heavy atom. The minimum Gasteiger partial charge on any atom is -0.454 e. The van der Waals surface area contributed by atoms with E-state index in [2.05, 4.69) is 10.3 Å². The number of carbonyl (C=O) groups excluding carboxylic acids is 1. The van der Waals surface area contributed by atoms with Crippen LogP contribution in [-0.2, 0) is 13.1 Å². The van der Waals surface area contributed by atoms with Crippen molar-refractivity contribution in [2.75, 3.05) is 6.79 Å². The van der Waals surface area contributed by atoms with Gasteiger partial charge in [-0.15, -0.1) is 0 Å². The van der Waals surface area contributed by atoms with Crippen LogP contribution in [0.5, 0.6) is 11.5 Å². The smallest absolute Gasteiger partial charge is 0.262 e. The molecule has 0 bridgehead atoms. The van der Waals surface area contributed by atoms with Crippen LogP contribution in [0, 0.1) is 4.77 Å². The third-order valence-corrected chi connectivity index (χ3v) is 5.64. The van der Waals surface area contributed by atoms with Crippen molar-refractivity contribution in [1.82, 2.24) is 14.9 Å². The molecule has 0 saturated carbocycles. The summed E-state index contributed by atoms with van der Waals surface area (Å²) >= 11 is 5.44. The fraction of sp³-hybridized carbons (Fsp3) is 0.125. The van der Waals surface area contributed by atoms with E-state index in [1.165, 1.54) is 4.57 Å². The van der Waals surface area contributed by atoms with Gasteiger partial charge >= 0.3 is 0 Å². The molecule has 0 unspecified atom stereocenters. The Hall–Kier alpha value is -3.91. The largest absolute Gasteiger partial charge is 0.454 e. The lowest BCUT2D eigenvalue weighted by atomic mass is 10.1. The molecule has 4 aromatic rings. The molecule has 8 heteroatoms. The van der Waals surface area contributed by atoms with Crippen molar-refractivity contribution in [3.63, 3.8) is 0 Å². The Balaban J connectivity index is 1.41. The van der Waals surface area contributed by atoms with E-state index in [0.717, 1.165) is 11.1 Å². The minimum atomic E-state index is -0.224. The van der Waals surface area contributed by atoms with Crippen LogP contribution >= 0.6 is 12.2 Å². The maximum Gasteiger partial charge on any atom is 0.262 e. The zero-order valence-corrected chi connectivity index (χ0v) is 17.8. The van der Waals surface area contributed by atoms with Crippen LogP contribution in [-0.4, -0.2) is 22.3 Å². The van der Waals surface area contributed by atoms with Gasteiger partial charge in [-0.05, 0) is 53.7 Å². The van der Waals surface area contributed by atoms with E-state index in [1.54, 1.807) is 18.2 Å². The molecule has 2 N–H and O–H groups in total. The molecule has 1 aromatic heterocycles. The average Bonchev–Trinajstić information content (AvgIpc) is 3.28. The number of aromatic nitrogens is 2. The minimum absolute atomic E-state index is 0.191. The zero-order chi connectivity index (χ0) is 22.1. The van der Waals surface area contributed by atoms with E-state index in [9.17, 15) is 9.59 Å². The predicted molar refractivity (Wildman–Crippen MR) is 123 cm³/mol. The highest BCUT2D eigenvalue weighted by Gasteiger charge is 2.15. The molecule has 160 valence electrons. The topological polar surface area (TPSA) is 85.3 Å². The van der Waals surface area contributed by atoms with Gasteiger partial charge in [0, 0.05) is 12.1 Å². The highest BCUT2D eigenvalue weighted by molar-refractivity contribution is 7.71. The van der Waals surface area contributed by atoms with E-state index in [-0.39, 0.29) is 23.0 Å². The lowest BCUT2D eigenvalue weighted by Crippen LogP contribution is -2.24. The van der Waals surface area contributed by atoms with Gasteiger partial charge in [-0.25, -0.2) is 0 Å². The molecule has 7 nitrogen and oxygen atoms in total. The maximum absolute atomic E-state index is 13.1. The lowest BCUT2D eigenvalue weighted by Gasteiger charge is -2.10. The van der Waals surface area contributed by atoms with Crippen molar-refractivity contribution < 1.29 is 14.3 Å². The summed E-state index contributed by atoms with van der Waals surface area (Å²) in [4.78, 5) is 28.8. The summed E-state index contributed by atoms with van der Waals surface area (Å²) in [5, 5.41) is 3.35. The van der Waals surface area contributed by atoms with Crippen molar-refractivity contribution in [2.45, 2.75) is 13.1 Å². The molecule has 1 aliphatic heterocycles. The summed E-state index contributed by atoms with van der Waals surface area (Å²) in [6.45, 7) is 0.904. The highest BCUT2D eigenvalue weighted by Crippen LogP contribution is 2.32. The Kier molecular flexibility index (Phi) is 5.20. The van der Waals surface area contributed by atoms with Crippen LogP contribution in [0.3, 0.4) is 0 Å².